The van der Waals surface area contributed by atoms with Crippen LogP contribution in [0.2, 0.25) is 0 Å². The number of nitrogens with zero attached hydrogens (tertiary/aromatic N) is 6. The Balaban J connectivity index is 1.20. The zero-order valence-electron chi connectivity index (χ0n) is 18.5. The highest BCUT2D eigenvalue weighted by Gasteiger charge is 2.47. The first-order valence-electron chi connectivity index (χ1n) is 11.1. The largest absolute Gasteiger partial charge is 0.456 e. The van der Waals surface area contributed by atoms with E-state index in [9.17, 15) is 14.7 Å². The van der Waals surface area contributed by atoms with Crippen molar-refractivity contribution in [2.24, 2.45) is 0 Å². The zero-order valence-corrected chi connectivity index (χ0v) is 18.5. The van der Waals surface area contributed by atoms with E-state index in [1.165, 1.54) is 6.33 Å². The van der Waals surface area contributed by atoms with E-state index >= 15 is 0 Å². The van der Waals surface area contributed by atoms with Crippen molar-refractivity contribution < 1.29 is 19.4 Å². The number of aromatic nitrogens is 4. The van der Waals surface area contributed by atoms with Crippen molar-refractivity contribution in [1.82, 2.24) is 35.3 Å². The molecular formula is C22H27N7O4. The minimum Gasteiger partial charge on any atom is -0.456 e. The molecule has 2 aromatic rings. The molecule has 0 radical (unpaired) electrons. The number of cyclic esters (lactones) is 1. The lowest BCUT2D eigenvalue weighted by Gasteiger charge is -2.47. The minimum absolute atomic E-state index is 0.0137. The van der Waals surface area contributed by atoms with Gasteiger partial charge in [0.25, 0.3) is 0 Å². The molecule has 11 nitrogen and oxygen atoms in total. The van der Waals surface area contributed by atoms with Crippen LogP contribution in [0.15, 0.2) is 41.9 Å². The highest BCUT2D eigenvalue weighted by molar-refractivity contribution is 5.94. The second-order valence-electron chi connectivity index (χ2n) is 8.78. The molecular weight excluding hydrogens is 426 g/mol. The van der Waals surface area contributed by atoms with E-state index in [2.05, 4.69) is 25.7 Å². The number of hydrogen-bond acceptors (Lipinski definition) is 9. The van der Waals surface area contributed by atoms with Crippen molar-refractivity contribution in [2.75, 3.05) is 39.3 Å². The molecule has 11 heteroatoms. The van der Waals surface area contributed by atoms with Crippen molar-refractivity contribution in [3.63, 3.8) is 0 Å². The third-order valence-corrected chi connectivity index (χ3v) is 6.89. The number of β-amino-alcohol motifs (C(OH)–C–C–N with tert-alkyl or cyclic N) is 1. The lowest BCUT2D eigenvalue weighted by atomic mass is 9.84. The fourth-order valence-electron chi connectivity index (χ4n) is 4.84. The van der Waals surface area contributed by atoms with Crippen LogP contribution in [0, 0.1) is 0 Å². The number of carbonyl (C=O) groups excluding carboxylic acids is 2. The van der Waals surface area contributed by atoms with Gasteiger partial charge in [0.2, 0.25) is 5.91 Å². The maximum Gasteiger partial charge on any atom is 0.336 e. The van der Waals surface area contributed by atoms with Crippen LogP contribution in [0.5, 0.6) is 0 Å². The predicted molar refractivity (Wildman–Crippen MR) is 116 cm³/mol. The van der Waals surface area contributed by atoms with Gasteiger partial charge in [0.15, 0.2) is 0 Å². The Kier molecular flexibility index (Phi) is 5.69. The average Bonchev–Trinajstić information content (AvgIpc) is 3.48. The van der Waals surface area contributed by atoms with Gasteiger partial charge in [-0.25, -0.2) is 9.48 Å². The molecule has 33 heavy (non-hydrogen) atoms. The number of amides is 1. The Bertz CT molecular complexity index is 1060. The van der Waals surface area contributed by atoms with E-state index in [0.29, 0.717) is 56.8 Å². The van der Waals surface area contributed by atoms with E-state index in [1.807, 2.05) is 24.3 Å². The van der Waals surface area contributed by atoms with Crippen LogP contribution < -0.4 is 5.32 Å². The van der Waals surface area contributed by atoms with Crippen molar-refractivity contribution in [3.8, 4) is 5.69 Å². The Morgan fingerprint density at radius 1 is 1.18 bits per heavy atom. The van der Waals surface area contributed by atoms with Gasteiger partial charge in [-0.2, -0.15) is 0 Å². The monoisotopic (exact) mass is 453 g/mol. The second kappa shape index (κ2) is 8.65. The first-order valence-corrected chi connectivity index (χ1v) is 11.1. The number of esters is 1. The summed E-state index contributed by atoms with van der Waals surface area (Å²) in [5.74, 6) is -0.333. The smallest absolute Gasteiger partial charge is 0.336 e. The van der Waals surface area contributed by atoms with Gasteiger partial charge >= 0.3 is 5.97 Å². The number of carbonyl (C=O) groups is 2. The van der Waals surface area contributed by atoms with Gasteiger partial charge in [-0.1, -0.05) is 12.1 Å². The van der Waals surface area contributed by atoms with Crippen LogP contribution in [0.1, 0.15) is 31.4 Å². The quantitative estimate of drug-likeness (QED) is 0.592. The number of piperidine rings is 1. The molecule has 1 aromatic heterocycles. The molecule has 1 spiro atoms. The fourth-order valence-corrected chi connectivity index (χ4v) is 4.84. The molecule has 5 rings (SSSR count). The first kappa shape index (κ1) is 21.7. The maximum absolute atomic E-state index is 13.4. The summed E-state index contributed by atoms with van der Waals surface area (Å²) in [6, 6.07) is 7.48. The molecule has 3 aliphatic rings. The molecule has 174 valence electrons. The van der Waals surface area contributed by atoms with Crippen LogP contribution in [-0.4, -0.2) is 91.9 Å². The molecule has 2 N–H and O–H groups in total. The number of ether oxygens (including phenoxy) is 1. The number of hydrogen-bond donors (Lipinski definition) is 2. The van der Waals surface area contributed by atoms with Gasteiger partial charge < -0.3 is 25.0 Å². The van der Waals surface area contributed by atoms with Gasteiger partial charge in [0, 0.05) is 32.7 Å². The summed E-state index contributed by atoms with van der Waals surface area (Å²) >= 11 is 0. The molecule has 3 aliphatic heterocycles. The topological polar surface area (TPSA) is 126 Å². The van der Waals surface area contributed by atoms with Crippen LogP contribution in [-0.2, 0) is 14.3 Å². The summed E-state index contributed by atoms with van der Waals surface area (Å²) < 4.78 is 6.67. The second-order valence-corrected chi connectivity index (χ2v) is 8.78. The van der Waals surface area contributed by atoms with Crippen molar-refractivity contribution >= 4 is 11.9 Å². The Hall–Kier alpha value is -3.15. The van der Waals surface area contributed by atoms with Crippen molar-refractivity contribution in [1.29, 1.82) is 0 Å². The Labute approximate surface area is 191 Å². The van der Waals surface area contributed by atoms with Crippen LogP contribution in [0.4, 0.5) is 0 Å². The molecule has 1 atom stereocenters. The highest BCUT2D eigenvalue weighted by atomic mass is 16.5. The number of benzene rings is 1. The summed E-state index contributed by atoms with van der Waals surface area (Å²) in [6.45, 7) is 4.97. The van der Waals surface area contributed by atoms with Crippen LogP contribution >= 0.6 is 0 Å². The molecule has 4 heterocycles. The number of aliphatic hydroxyl groups excluding tert-OH is 1. The molecule has 0 saturated carbocycles. The molecule has 0 aliphatic carbocycles. The lowest BCUT2D eigenvalue weighted by Crippen LogP contribution is -2.67. The zero-order chi connectivity index (χ0) is 23.0. The summed E-state index contributed by atoms with van der Waals surface area (Å²) in [7, 11) is 0. The van der Waals surface area contributed by atoms with E-state index in [0.717, 1.165) is 11.3 Å². The summed E-state index contributed by atoms with van der Waals surface area (Å²) in [5.41, 5.74) is 2.22. The fraction of sp³-hybridized carbons (Fsp3) is 0.500. The van der Waals surface area contributed by atoms with Crippen LogP contribution in [0.25, 0.3) is 5.69 Å². The number of aliphatic hydroxyl groups is 1. The molecule has 2 fully saturated rings. The van der Waals surface area contributed by atoms with Gasteiger partial charge in [-0.15, -0.1) is 5.10 Å². The Morgan fingerprint density at radius 3 is 2.58 bits per heavy atom. The van der Waals surface area contributed by atoms with Crippen molar-refractivity contribution in [2.45, 2.75) is 31.4 Å². The number of tetrazole rings is 1. The maximum atomic E-state index is 13.4. The Morgan fingerprint density at radius 2 is 1.94 bits per heavy atom. The number of likely N-dealkylation sites (tertiary alicyclic amines) is 1. The number of nitrogens with one attached hydrogen (secondary N) is 1. The third kappa shape index (κ3) is 4.03. The van der Waals surface area contributed by atoms with Gasteiger partial charge in [0.05, 0.1) is 23.1 Å². The molecule has 2 saturated heterocycles. The van der Waals surface area contributed by atoms with Gasteiger partial charge in [-0.05, 0) is 47.9 Å². The summed E-state index contributed by atoms with van der Waals surface area (Å²) in [6.07, 6.45) is 2.18. The predicted octanol–water partition coefficient (Wildman–Crippen LogP) is -0.207. The summed E-state index contributed by atoms with van der Waals surface area (Å²) in [4.78, 5) is 29.1. The average molecular weight is 454 g/mol. The first-order chi connectivity index (χ1) is 16.0. The molecule has 0 bridgehead atoms. The standard InChI is InChI=1S/C22H27N7O4/c1-15-18(13-33-20(15)31)28-11-8-23-22(21(28)32)6-9-27(10-7-22)12-19(30)16-2-4-17(5-3-16)29-14-24-25-26-29/h2-5,14,19,23,30H,6-13H2,1H3. The molecule has 1 unspecified atom stereocenters. The van der Waals surface area contributed by atoms with E-state index in [-0.39, 0.29) is 18.5 Å². The normalized spacial score (nSPS) is 22.2. The lowest BCUT2D eigenvalue weighted by molar-refractivity contribution is -0.142. The molecule has 1 aromatic carbocycles. The van der Waals surface area contributed by atoms with E-state index in [1.54, 1.807) is 16.5 Å². The SMILES string of the molecule is CC1=C(N2CCNC3(CCN(CC(O)c4ccc(-n5cnnn5)cc4)CC3)C2=O)COC1=O. The van der Waals surface area contributed by atoms with E-state index in [4.69, 9.17) is 4.74 Å². The van der Waals surface area contributed by atoms with Crippen LogP contribution in [0.3, 0.4) is 0 Å². The van der Waals surface area contributed by atoms with E-state index < -0.39 is 11.6 Å². The summed E-state index contributed by atoms with van der Waals surface area (Å²) in [5, 5.41) is 25.3. The minimum atomic E-state index is -0.636. The number of rotatable bonds is 5. The highest BCUT2D eigenvalue weighted by Crippen LogP contribution is 2.31. The number of piperazine rings is 1. The van der Waals surface area contributed by atoms with Gasteiger partial charge in [0.1, 0.15) is 18.5 Å². The van der Waals surface area contributed by atoms with Crippen molar-refractivity contribution in [3.05, 3.63) is 47.4 Å². The third-order valence-electron chi connectivity index (χ3n) is 6.89. The molecule has 1 amide bonds. The van der Waals surface area contributed by atoms with Gasteiger partial charge in [-0.3, -0.25) is 4.79 Å².